The molecule has 7 heteroatoms. The number of rotatable bonds is 2. The minimum atomic E-state index is -0.283. The Morgan fingerprint density at radius 1 is 1.22 bits per heavy atom. The maximum Gasteiger partial charge on any atom is 0.254 e. The minimum absolute atomic E-state index is 0.0424. The van der Waals surface area contributed by atoms with E-state index in [4.69, 9.17) is 11.6 Å². The first-order chi connectivity index (χ1) is 11.0. The average molecular weight is 396 g/mol. The molecule has 4 atom stereocenters. The van der Waals surface area contributed by atoms with Gasteiger partial charge in [-0.3, -0.25) is 9.59 Å². The molecule has 1 heterocycles. The summed E-state index contributed by atoms with van der Waals surface area (Å²) in [7, 11) is 0. The van der Waals surface area contributed by atoms with Gasteiger partial charge in [-0.2, -0.15) is 10.1 Å². The van der Waals surface area contributed by atoms with Gasteiger partial charge in [-0.05, 0) is 46.3 Å². The summed E-state index contributed by atoms with van der Waals surface area (Å²) in [6, 6.07) is 3.07. The Labute approximate surface area is 145 Å². The third kappa shape index (κ3) is 2.16. The normalized spacial score (nSPS) is 31.7. The van der Waals surface area contributed by atoms with Crippen LogP contribution in [0.15, 0.2) is 33.9 Å². The van der Waals surface area contributed by atoms with Crippen molar-refractivity contribution in [2.75, 3.05) is 0 Å². The second-order valence-electron chi connectivity index (χ2n) is 6.06. The molecular formula is C16H12BrClN2O3. The van der Waals surface area contributed by atoms with Crippen molar-refractivity contribution in [1.82, 2.24) is 5.01 Å². The van der Waals surface area contributed by atoms with Gasteiger partial charge in [0.1, 0.15) is 5.75 Å². The average Bonchev–Trinajstić information content (AvgIpc) is 3.17. The van der Waals surface area contributed by atoms with Crippen molar-refractivity contribution in [2.45, 2.75) is 6.42 Å². The van der Waals surface area contributed by atoms with Gasteiger partial charge >= 0.3 is 0 Å². The number of carbonyl (C=O) groups is 2. The topological polar surface area (TPSA) is 70.0 Å². The number of aromatic hydroxyl groups is 1. The molecule has 4 rings (SSSR count). The quantitative estimate of drug-likeness (QED) is 0.475. The summed E-state index contributed by atoms with van der Waals surface area (Å²) in [4.78, 5) is 25.0. The standard InChI is InChI=1S/C16H12BrClN2O3/c17-11-5-10(18)4-9(14(11)21)6-19-20-15(22)12-7-1-2-8(3-7)13(12)16(20)23/h1-2,4-8,12-13,21H,3H2. The molecule has 4 unspecified atom stereocenters. The number of phenols is 1. The molecule has 0 spiro atoms. The number of allylic oxidation sites excluding steroid dienone is 2. The van der Waals surface area contributed by atoms with Gasteiger partial charge in [-0.1, -0.05) is 23.8 Å². The first-order valence-electron chi connectivity index (χ1n) is 7.25. The fourth-order valence-corrected chi connectivity index (χ4v) is 4.64. The highest BCUT2D eigenvalue weighted by Gasteiger charge is 2.59. The SMILES string of the molecule is O=C1C2C3C=CC(C3)C2C(=O)N1N=Cc1cc(Cl)cc(Br)c1O. The second-order valence-corrected chi connectivity index (χ2v) is 7.35. The summed E-state index contributed by atoms with van der Waals surface area (Å²) < 4.78 is 0.421. The van der Waals surface area contributed by atoms with Crippen LogP contribution in [0.4, 0.5) is 0 Å². The molecule has 1 saturated heterocycles. The molecule has 0 radical (unpaired) electrons. The third-order valence-electron chi connectivity index (χ3n) is 4.82. The van der Waals surface area contributed by atoms with Crippen molar-refractivity contribution in [3.05, 3.63) is 39.3 Å². The summed E-state index contributed by atoms with van der Waals surface area (Å²) in [5.41, 5.74) is 0.336. The number of imide groups is 1. The number of halogens is 2. The molecule has 1 aromatic rings. The van der Waals surface area contributed by atoms with E-state index in [1.807, 2.05) is 12.2 Å². The van der Waals surface area contributed by atoms with Gasteiger partial charge < -0.3 is 5.11 Å². The lowest BCUT2D eigenvalue weighted by Gasteiger charge is -2.13. The monoisotopic (exact) mass is 394 g/mol. The largest absolute Gasteiger partial charge is 0.506 e. The molecule has 2 amide bonds. The lowest BCUT2D eigenvalue weighted by molar-refractivity contribution is -0.140. The smallest absolute Gasteiger partial charge is 0.254 e. The van der Waals surface area contributed by atoms with E-state index in [1.165, 1.54) is 12.3 Å². The molecule has 0 aromatic heterocycles. The summed E-state index contributed by atoms with van der Waals surface area (Å²) in [6.07, 6.45) is 6.23. The van der Waals surface area contributed by atoms with E-state index in [2.05, 4.69) is 21.0 Å². The van der Waals surface area contributed by atoms with Crippen molar-refractivity contribution in [1.29, 1.82) is 0 Å². The van der Waals surface area contributed by atoms with Crippen LogP contribution in [0.1, 0.15) is 12.0 Å². The number of nitrogens with zero attached hydrogens (tertiary/aromatic N) is 2. The molecule has 2 bridgehead atoms. The van der Waals surface area contributed by atoms with Crippen LogP contribution in [0.3, 0.4) is 0 Å². The Morgan fingerprint density at radius 3 is 2.43 bits per heavy atom. The molecule has 3 aliphatic rings. The molecule has 1 aliphatic heterocycles. The summed E-state index contributed by atoms with van der Waals surface area (Å²) in [5.74, 6) is -0.823. The van der Waals surface area contributed by atoms with Gasteiger partial charge in [-0.15, -0.1) is 0 Å². The predicted molar refractivity (Wildman–Crippen MR) is 88.0 cm³/mol. The summed E-state index contributed by atoms with van der Waals surface area (Å²) >= 11 is 9.13. The van der Waals surface area contributed by atoms with Gasteiger partial charge in [0.15, 0.2) is 0 Å². The maximum absolute atomic E-state index is 12.5. The van der Waals surface area contributed by atoms with Gasteiger partial charge in [-0.25, -0.2) is 0 Å². The van der Waals surface area contributed by atoms with E-state index < -0.39 is 0 Å². The summed E-state index contributed by atoms with van der Waals surface area (Å²) in [5, 5.41) is 15.4. The van der Waals surface area contributed by atoms with Crippen LogP contribution in [0.2, 0.25) is 5.02 Å². The zero-order valence-corrected chi connectivity index (χ0v) is 14.2. The van der Waals surface area contributed by atoms with Gasteiger partial charge in [0.05, 0.1) is 22.5 Å². The van der Waals surface area contributed by atoms with Crippen molar-refractivity contribution < 1.29 is 14.7 Å². The van der Waals surface area contributed by atoms with Crippen molar-refractivity contribution in [2.24, 2.45) is 28.8 Å². The first-order valence-corrected chi connectivity index (χ1v) is 8.42. The number of hydrazone groups is 1. The predicted octanol–water partition coefficient (Wildman–Crippen LogP) is 2.95. The fourth-order valence-electron chi connectivity index (χ4n) is 3.80. The van der Waals surface area contributed by atoms with E-state index in [0.717, 1.165) is 11.4 Å². The van der Waals surface area contributed by atoms with E-state index in [0.29, 0.717) is 15.1 Å². The second kappa shape index (κ2) is 5.18. The van der Waals surface area contributed by atoms with Crippen molar-refractivity contribution in [3.63, 3.8) is 0 Å². The molecule has 2 aliphatic carbocycles. The Balaban J connectivity index is 1.63. The Hall–Kier alpha value is -1.66. The van der Waals surface area contributed by atoms with Gasteiger partial charge in [0, 0.05) is 10.6 Å². The van der Waals surface area contributed by atoms with Crippen LogP contribution in [0.25, 0.3) is 0 Å². The lowest BCUT2D eigenvalue weighted by atomic mass is 9.85. The highest BCUT2D eigenvalue weighted by atomic mass is 79.9. The number of carbonyl (C=O) groups excluding carboxylic acids is 2. The number of benzene rings is 1. The minimum Gasteiger partial charge on any atom is -0.506 e. The van der Waals surface area contributed by atoms with E-state index >= 15 is 0 Å². The van der Waals surface area contributed by atoms with Crippen LogP contribution in [-0.4, -0.2) is 28.1 Å². The van der Waals surface area contributed by atoms with Crippen LogP contribution < -0.4 is 0 Å². The molecule has 2 fully saturated rings. The maximum atomic E-state index is 12.5. The third-order valence-corrected chi connectivity index (χ3v) is 5.64. The number of hydrogen-bond acceptors (Lipinski definition) is 4. The number of phenolic OH excluding ortho intramolecular Hbond substituents is 1. The van der Waals surface area contributed by atoms with Crippen molar-refractivity contribution in [3.8, 4) is 5.75 Å². The van der Waals surface area contributed by atoms with Crippen molar-refractivity contribution >= 4 is 45.6 Å². The highest BCUT2D eigenvalue weighted by molar-refractivity contribution is 9.10. The highest BCUT2D eigenvalue weighted by Crippen LogP contribution is 2.52. The lowest BCUT2D eigenvalue weighted by Crippen LogP contribution is -2.28. The molecule has 23 heavy (non-hydrogen) atoms. The number of fused-ring (bicyclic) bond motifs is 5. The van der Waals surface area contributed by atoms with E-state index in [1.54, 1.807) is 6.07 Å². The first kappa shape index (κ1) is 14.9. The molecule has 118 valence electrons. The van der Waals surface area contributed by atoms with Crippen LogP contribution in [0, 0.1) is 23.7 Å². The van der Waals surface area contributed by atoms with Crippen LogP contribution >= 0.6 is 27.5 Å². The zero-order chi connectivity index (χ0) is 16.3. The number of amides is 2. The fraction of sp³-hybridized carbons (Fsp3) is 0.312. The molecule has 1 N–H and O–H groups in total. The molecule has 1 aromatic carbocycles. The van der Waals surface area contributed by atoms with Crippen LogP contribution in [0.5, 0.6) is 5.75 Å². The Bertz CT molecular complexity index is 762. The number of hydrogen-bond donors (Lipinski definition) is 1. The molecular weight excluding hydrogens is 384 g/mol. The molecule has 1 saturated carbocycles. The summed E-state index contributed by atoms with van der Waals surface area (Å²) in [6.45, 7) is 0. The van der Waals surface area contributed by atoms with Gasteiger partial charge in [0.2, 0.25) is 0 Å². The zero-order valence-electron chi connectivity index (χ0n) is 11.8. The van der Waals surface area contributed by atoms with E-state index in [-0.39, 0.29) is 41.2 Å². The van der Waals surface area contributed by atoms with Gasteiger partial charge in [0.25, 0.3) is 11.8 Å². The van der Waals surface area contributed by atoms with Crippen LogP contribution in [-0.2, 0) is 9.59 Å². The Morgan fingerprint density at radius 2 is 1.83 bits per heavy atom. The molecule has 5 nitrogen and oxygen atoms in total. The Kier molecular flexibility index (Phi) is 3.35. The van der Waals surface area contributed by atoms with E-state index in [9.17, 15) is 14.7 Å².